The average Bonchev–Trinajstić information content (AvgIpc) is 3.34. The molecule has 4 amide bonds. The zero-order valence-corrected chi connectivity index (χ0v) is 25.9. The quantitative estimate of drug-likeness (QED) is 0.330. The summed E-state index contributed by atoms with van der Waals surface area (Å²) in [5.74, 6) is -7.85. The number of allylic oxidation sites excluding steroid dienone is 2. The van der Waals surface area contributed by atoms with Gasteiger partial charge in [-0.2, -0.15) is 0 Å². The van der Waals surface area contributed by atoms with Gasteiger partial charge in [0.2, 0.25) is 23.6 Å². The highest BCUT2D eigenvalue weighted by atomic mass is 79.9. The number of anilines is 1. The molecule has 2 aliphatic heterocycles. The fourth-order valence-corrected chi connectivity index (χ4v) is 8.31. The van der Waals surface area contributed by atoms with Crippen molar-refractivity contribution in [2.45, 2.75) is 32.1 Å². The third-order valence-electron chi connectivity index (χ3n) is 9.68. The molecule has 1 saturated carbocycles. The molecule has 44 heavy (non-hydrogen) atoms. The lowest BCUT2D eigenvalue weighted by Gasteiger charge is -2.49. The normalized spacial score (nSPS) is 29.4. The second-order valence-electron chi connectivity index (χ2n) is 11.8. The van der Waals surface area contributed by atoms with E-state index in [-0.39, 0.29) is 46.1 Å². The summed E-state index contributed by atoms with van der Waals surface area (Å²) in [6, 6.07) is 6.80. The van der Waals surface area contributed by atoms with Crippen LogP contribution in [0.15, 0.2) is 46.5 Å². The number of rotatable bonds is 6. The predicted octanol–water partition coefficient (Wildman–Crippen LogP) is 4.66. The number of hydrogen-bond donors (Lipinski definition) is 2. The number of likely N-dealkylation sites (tertiary alicyclic amines) is 1. The van der Waals surface area contributed by atoms with E-state index in [0.29, 0.717) is 11.1 Å². The maximum Gasteiger partial charge on any atom is 0.305 e. The molecule has 2 aromatic carbocycles. The van der Waals surface area contributed by atoms with Crippen LogP contribution in [0, 0.1) is 34.9 Å². The molecule has 13 heteroatoms. The van der Waals surface area contributed by atoms with E-state index < -0.39 is 76.8 Å². The lowest BCUT2D eigenvalue weighted by Crippen LogP contribution is -2.48. The monoisotopic (exact) mass is 688 g/mol. The van der Waals surface area contributed by atoms with E-state index in [9.17, 15) is 38.6 Å². The topological polar surface area (TPSA) is 142 Å². The molecule has 2 N–H and O–H groups in total. The number of benzene rings is 2. The molecule has 2 aromatic rings. The lowest BCUT2D eigenvalue weighted by atomic mass is 9.51. The predicted molar refractivity (Wildman–Crippen MR) is 157 cm³/mol. The summed E-state index contributed by atoms with van der Waals surface area (Å²) >= 11 is 9.38. The highest BCUT2D eigenvalue weighted by Gasteiger charge is 2.67. The van der Waals surface area contributed by atoms with Gasteiger partial charge in [0, 0.05) is 12.5 Å². The molecular weight excluding hydrogens is 663 g/mol. The van der Waals surface area contributed by atoms with Crippen LogP contribution in [0.5, 0.6) is 11.5 Å². The van der Waals surface area contributed by atoms with Crippen molar-refractivity contribution in [3.8, 4) is 11.5 Å². The highest BCUT2D eigenvalue weighted by Crippen LogP contribution is 2.64. The summed E-state index contributed by atoms with van der Waals surface area (Å²) in [7, 11) is 1.38. The molecule has 2 aliphatic carbocycles. The minimum absolute atomic E-state index is 0.0815. The Kier molecular flexibility index (Phi) is 7.35. The first kappa shape index (κ1) is 30.3. The number of imide groups is 2. The van der Waals surface area contributed by atoms with Gasteiger partial charge in [0.05, 0.1) is 51.9 Å². The Morgan fingerprint density at radius 1 is 1.14 bits per heavy atom. The van der Waals surface area contributed by atoms with Crippen LogP contribution in [-0.2, 0) is 24.0 Å². The van der Waals surface area contributed by atoms with Gasteiger partial charge in [-0.1, -0.05) is 23.3 Å². The van der Waals surface area contributed by atoms with E-state index in [1.165, 1.54) is 19.2 Å². The molecule has 0 aromatic heterocycles. The second-order valence-corrected chi connectivity index (χ2v) is 13.0. The number of halogens is 3. The van der Waals surface area contributed by atoms with Gasteiger partial charge in [-0.05, 0) is 77.5 Å². The van der Waals surface area contributed by atoms with Gasteiger partial charge in [-0.25, -0.2) is 9.29 Å². The van der Waals surface area contributed by atoms with Crippen molar-refractivity contribution in [1.29, 1.82) is 0 Å². The van der Waals surface area contributed by atoms with Gasteiger partial charge in [0.25, 0.3) is 0 Å². The SMILES string of the molecule is COc1cc(C2C3=CCC4C(=O)N(CCC(=O)O)C(=O)C4C3CC3C(=O)N(c4ccc(F)c(Cl)c4)C(=O)C32C)cc(Br)c1O. The standard InChI is InChI=1S/C31H27BrClFN2O8/c1-31-18(28(41)36(30(31)43)14-3-6-21(34)20(33)11-14)12-17-15(25(31)13-9-19(32)26(39)22(10-13)44-2)4-5-16-24(17)29(42)35(27(16)40)8-7-23(37)38/h3-4,6,9-11,16-18,24-25,39H,5,7-8,12H2,1-2H3,(H,37,38). The second kappa shape index (κ2) is 10.7. The number of nitrogens with zero attached hydrogens (tertiary/aromatic N) is 2. The van der Waals surface area contributed by atoms with Crippen LogP contribution in [0.2, 0.25) is 5.02 Å². The van der Waals surface area contributed by atoms with Crippen molar-refractivity contribution in [2.24, 2.45) is 29.1 Å². The van der Waals surface area contributed by atoms with Crippen LogP contribution in [-0.4, -0.2) is 58.4 Å². The van der Waals surface area contributed by atoms with Gasteiger partial charge in [0.15, 0.2) is 11.5 Å². The molecule has 0 bridgehead atoms. The van der Waals surface area contributed by atoms with Crippen LogP contribution in [0.25, 0.3) is 0 Å². The van der Waals surface area contributed by atoms with Crippen molar-refractivity contribution in [1.82, 2.24) is 4.90 Å². The van der Waals surface area contributed by atoms with Crippen molar-refractivity contribution < 1.29 is 43.3 Å². The van der Waals surface area contributed by atoms with E-state index in [1.54, 1.807) is 19.1 Å². The van der Waals surface area contributed by atoms with Crippen molar-refractivity contribution in [2.75, 3.05) is 18.6 Å². The van der Waals surface area contributed by atoms with Gasteiger partial charge in [-0.15, -0.1) is 0 Å². The maximum absolute atomic E-state index is 14.4. The molecule has 6 rings (SSSR count). The summed E-state index contributed by atoms with van der Waals surface area (Å²) in [5, 5.41) is 19.5. The van der Waals surface area contributed by atoms with E-state index in [4.69, 9.17) is 16.3 Å². The number of carboxylic acids is 1. The van der Waals surface area contributed by atoms with E-state index >= 15 is 0 Å². The van der Waals surface area contributed by atoms with Gasteiger partial charge in [0.1, 0.15) is 5.82 Å². The minimum Gasteiger partial charge on any atom is -0.503 e. The zero-order chi connectivity index (χ0) is 31.8. The first-order valence-corrected chi connectivity index (χ1v) is 15.1. The Morgan fingerprint density at radius 2 is 1.86 bits per heavy atom. The molecule has 6 unspecified atom stereocenters. The largest absolute Gasteiger partial charge is 0.503 e. The summed E-state index contributed by atoms with van der Waals surface area (Å²) in [6.07, 6.45) is 1.73. The van der Waals surface area contributed by atoms with E-state index in [1.807, 2.05) is 6.08 Å². The van der Waals surface area contributed by atoms with E-state index in [2.05, 4.69) is 15.9 Å². The van der Waals surface area contributed by atoms with Gasteiger partial charge >= 0.3 is 5.97 Å². The van der Waals surface area contributed by atoms with Crippen LogP contribution in [0.4, 0.5) is 10.1 Å². The first-order valence-electron chi connectivity index (χ1n) is 14.0. The molecule has 6 atom stereocenters. The summed E-state index contributed by atoms with van der Waals surface area (Å²) in [6.45, 7) is 1.43. The molecule has 2 heterocycles. The number of carboxylic acid groups (broad SMARTS) is 1. The lowest BCUT2D eigenvalue weighted by molar-refractivity contribution is -0.142. The van der Waals surface area contributed by atoms with Crippen LogP contribution < -0.4 is 9.64 Å². The number of phenolic OH excluding ortho intramolecular Hbond substituents is 1. The Morgan fingerprint density at radius 3 is 2.52 bits per heavy atom. The number of carbonyl (C=O) groups excluding carboxylic acids is 4. The number of hydrogen-bond acceptors (Lipinski definition) is 7. The molecular formula is C31H27BrClFN2O8. The highest BCUT2D eigenvalue weighted by molar-refractivity contribution is 9.10. The molecule has 3 fully saturated rings. The Labute approximate surface area is 264 Å². The Bertz CT molecular complexity index is 1700. The first-order chi connectivity index (χ1) is 20.8. The number of amides is 4. The molecule has 230 valence electrons. The molecule has 10 nitrogen and oxygen atoms in total. The number of aromatic hydroxyl groups is 1. The average molecular weight is 690 g/mol. The Balaban J connectivity index is 1.51. The molecule has 0 radical (unpaired) electrons. The van der Waals surface area contributed by atoms with Crippen LogP contribution in [0.3, 0.4) is 0 Å². The van der Waals surface area contributed by atoms with Crippen molar-refractivity contribution in [3.05, 3.63) is 62.9 Å². The third-order valence-corrected chi connectivity index (χ3v) is 10.6. The van der Waals surface area contributed by atoms with E-state index in [0.717, 1.165) is 15.9 Å². The number of aliphatic carboxylic acids is 1. The third kappa shape index (κ3) is 4.28. The zero-order valence-electron chi connectivity index (χ0n) is 23.6. The number of carbonyl (C=O) groups is 5. The summed E-state index contributed by atoms with van der Waals surface area (Å²) < 4.78 is 19.7. The van der Waals surface area contributed by atoms with Crippen molar-refractivity contribution >= 4 is 62.8 Å². The number of phenols is 1. The molecule has 0 spiro atoms. The van der Waals surface area contributed by atoms with Crippen molar-refractivity contribution in [3.63, 3.8) is 0 Å². The van der Waals surface area contributed by atoms with Gasteiger partial charge in [-0.3, -0.25) is 28.9 Å². The number of fused-ring (bicyclic) bond motifs is 4. The number of methoxy groups -OCH3 is 1. The molecule has 4 aliphatic rings. The smallest absolute Gasteiger partial charge is 0.305 e. The number of ether oxygens (including phenoxy) is 1. The fourth-order valence-electron chi connectivity index (χ4n) is 7.67. The minimum atomic E-state index is -1.39. The maximum atomic E-state index is 14.4. The summed E-state index contributed by atoms with van der Waals surface area (Å²) in [5.41, 5.74) is -0.0467. The fraction of sp³-hybridized carbons (Fsp3) is 0.387. The van der Waals surface area contributed by atoms with Crippen LogP contribution in [0.1, 0.15) is 37.7 Å². The van der Waals surface area contributed by atoms with Crippen LogP contribution >= 0.6 is 27.5 Å². The molecule has 2 saturated heterocycles. The Hall–Kier alpha value is -3.77. The summed E-state index contributed by atoms with van der Waals surface area (Å²) in [4.78, 5) is 68.9. The van der Waals surface area contributed by atoms with Gasteiger partial charge < -0.3 is 14.9 Å².